The van der Waals surface area contributed by atoms with Crippen LogP contribution in [-0.4, -0.2) is 35.5 Å². The van der Waals surface area contributed by atoms with Crippen LogP contribution in [0, 0.1) is 0 Å². The summed E-state index contributed by atoms with van der Waals surface area (Å²) in [5.74, 6) is 0.824. The largest absolute Gasteiger partial charge is 0.481 e. The number of carbonyl (C=O) groups excluding carboxylic acids is 1. The molecule has 1 aliphatic heterocycles. The van der Waals surface area contributed by atoms with Crippen LogP contribution in [0.2, 0.25) is 0 Å². The van der Waals surface area contributed by atoms with E-state index >= 15 is 0 Å². The average molecular weight is 230 g/mol. The number of likely N-dealkylation sites (N-methyl/N-ethyl adjacent to an activating group) is 1. The summed E-state index contributed by atoms with van der Waals surface area (Å²) in [6.07, 6.45) is 2.33. The monoisotopic (exact) mass is 230 g/mol. The third kappa shape index (κ3) is 1.75. The molecule has 0 radical (unpaired) electrons. The standard InChI is InChI=1S/C13H14N2O2/c1-15-7-5-12(13(15)16)17-10-2-3-11-9(8-10)4-6-14-11/h2-4,6,8,12,14H,5,7H2,1H3. The number of nitrogens with zero attached hydrogens (tertiary/aromatic N) is 1. The van der Waals surface area contributed by atoms with Gasteiger partial charge in [0.05, 0.1) is 0 Å². The van der Waals surface area contributed by atoms with Crippen LogP contribution in [0.3, 0.4) is 0 Å². The predicted molar refractivity (Wildman–Crippen MR) is 65.0 cm³/mol. The zero-order chi connectivity index (χ0) is 11.8. The minimum Gasteiger partial charge on any atom is -0.481 e. The molecule has 0 spiro atoms. The number of nitrogens with one attached hydrogen (secondary N) is 1. The van der Waals surface area contributed by atoms with Crippen molar-refractivity contribution >= 4 is 16.8 Å². The molecule has 1 aromatic heterocycles. The first-order chi connectivity index (χ1) is 8.24. The van der Waals surface area contributed by atoms with Crippen molar-refractivity contribution in [3.05, 3.63) is 30.5 Å². The summed E-state index contributed by atoms with van der Waals surface area (Å²) in [6, 6.07) is 7.81. The molecule has 4 nitrogen and oxygen atoms in total. The predicted octanol–water partition coefficient (Wildman–Crippen LogP) is 1.78. The quantitative estimate of drug-likeness (QED) is 0.854. The fourth-order valence-corrected chi connectivity index (χ4v) is 2.17. The molecule has 1 N–H and O–H groups in total. The van der Waals surface area contributed by atoms with Crippen molar-refractivity contribution in [2.24, 2.45) is 0 Å². The Hall–Kier alpha value is -1.97. The van der Waals surface area contributed by atoms with Gasteiger partial charge in [-0.05, 0) is 24.3 Å². The second-order valence-electron chi connectivity index (χ2n) is 4.38. The molecule has 1 aliphatic rings. The number of hydrogen-bond donors (Lipinski definition) is 1. The Morgan fingerprint density at radius 2 is 2.29 bits per heavy atom. The number of aromatic amines is 1. The molecule has 0 bridgehead atoms. The van der Waals surface area contributed by atoms with E-state index in [-0.39, 0.29) is 12.0 Å². The van der Waals surface area contributed by atoms with Crippen LogP contribution in [0.15, 0.2) is 30.5 Å². The van der Waals surface area contributed by atoms with Gasteiger partial charge in [-0.15, -0.1) is 0 Å². The molecule has 88 valence electrons. The number of rotatable bonds is 2. The number of likely N-dealkylation sites (tertiary alicyclic amines) is 1. The third-order valence-corrected chi connectivity index (χ3v) is 3.18. The molecule has 1 fully saturated rings. The summed E-state index contributed by atoms with van der Waals surface area (Å²) in [5, 5.41) is 1.10. The SMILES string of the molecule is CN1CCC(Oc2ccc3[nH]ccc3c2)C1=O. The van der Waals surface area contributed by atoms with E-state index < -0.39 is 0 Å². The third-order valence-electron chi connectivity index (χ3n) is 3.18. The molecule has 1 unspecified atom stereocenters. The number of benzene rings is 1. The molecule has 4 heteroatoms. The molecule has 1 aromatic carbocycles. The summed E-state index contributed by atoms with van der Waals surface area (Å²) in [4.78, 5) is 16.6. The number of hydrogen-bond acceptors (Lipinski definition) is 2. The van der Waals surface area contributed by atoms with E-state index in [2.05, 4.69) is 4.98 Å². The van der Waals surface area contributed by atoms with E-state index in [0.29, 0.717) is 0 Å². The topological polar surface area (TPSA) is 45.3 Å². The van der Waals surface area contributed by atoms with Crippen LogP contribution in [0.1, 0.15) is 6.42 Å². The van der Waals surface area contributed by atoms with Crippen molar-refractivity contribution in [1.29, 1.82) is 0 Å². The van der Waals surface area contributed by atoms with Crippen molar-refractivity contribution < 1.29 is 9.53 Å². The van der Waals surface area contributed by atoms with Crippen LogP contribution in [0.5, 0.6) is 5.75 Å². The van der Waals surface area contributed by atoms with Crippen molar-refractivity contribution in [3.63, 3.8) is 0 Å². The molecule has 0 saturated carbocycles. The van der Waals surface area contributed by atoms with Crippen LogP contribution in [-0.2, 0) is 4.79 Å². The lowest BCUT2D eigenvalue weighted by molar-refractivity contribution is -0.132. The van der Waals surface area contributed by atoms with Crippen LogP contribution in [0.25, 0.3) is 10.9 Å². The number of carbonyl (C=O) groups is 1. The van der Waals surface area contributed by atoms with Gasteiger partial charge in [0.2, 0.25) is 0 Å². The fraction of sp³-hybridized carbons (Fsp3) is 0.308. The highest BCUT2D eigenvalue weighted by Crippen LogP contribution is 2.23. The Labute approximate surface area is 99.2 Å². The normalized spacial score (nSPS) is 20.2. The van der Waals surface area contributed by atoms with E-state index in [4.69, 9.17) is 4.74 Å². The second kappa shape index (κ2) is 3.80. The molecule has 0 aliphatic carbocycles. The lowest BCUT2D eigenvalue weighted by atomic mass is 10.2. The summed E-state index contributed by atoms with van der Waals surface area (Å²) >= 11 is 0. The first kappa shape index (κ1) is 10.2. The number of aromatic nitrogens is 1. The molecule has 1 atom stereocenters. The van der Waals surface area contributed by atoms with E-state index in [9.17, 15) is 4.79 Å². The summed E-state index contributed by atoms with van der Waals surface area (Å²) in [5.41, 5.74) is 1.08. The second-order valence-corrected chi connectivity index (χ2v) is 4.38. The highest BCUT2D eigenvalue weighted by molar-refractivity contribution is 5.84. The highest BCUT2D eigenvalue weighted by Gasteiger charge is 2.30. The number of fused-ring (bicyclic) bond motifs is 1. The first-order valence-corrected chi connectivity index (χ1v) is 5.73. The van der Waals surface area contributed by atoms with E-state index in [1.807, 2.05) is 30.5 Å². The van der Waals surface area contributed by atoms with Gasteiger partial charge in [0.1, 0.15) is 5.75 Å². The van der Waals surface area contributed by atoms with E-state index in [1.165, 1.54) is 0 Å². The van der Waals surface area contributed by atoms with Gasteiger partial charge < -0.3 is 14.6 Å². The Bertz CT molecular complexity index is 561. The summed E-state index contributed by atoms with van der Waals surface area (Å²) in [7, 11) is 1.81. The molecule has 2 aromatic rings. The van der Waals surface area contributed by atoms with Crippen LogP contribution >= 0.6 is 0 Å². The molecule has 1 saturated heterocycles. The first-order valence-electron chi connectivity index (χ1n) is 5.73. The summed E-state index contributed by atoms with van der Waals surface area (Å²) < 4.78 is 5.73. The van der Waals surface area contributed by atoms with Crippen molar-refractivity contribution in [2.75, 3.05) is 13.6 Å². The minimum absolute atomic E-state index is 0.0687. The Morgan fingerprint density at radius 3 is 3.06 bits per heavy atom. The van der Waals surface area contributed by atoms with Crippen molar-refractivity contribution in [1.82, 2.24) is 9.88 Å². The average Bonchev–Trinajstić information content (AvgIpc) is 2.90. The lowest BCUT2D eigenvalue weighted by Crippen LogP contribution is -2.29. The van der Waals surface area contributed by atoms with E-state index in [0.717, 1.165) is 29.6 Å². The van der Waals surface area contributed by atoms with Crippen molar-refractivity contribution in [3.8, 4) is 5.75 Å². The molecular weight excluding hydrogens is 216 g/mol. The fourth-order valence-electron chi connectivity index (χ4n) is 2.17. The summed E-state index contributed by atoms with van der Waals surface area (Å²) in [6.45, 7) is 0.774. The minimum atomic E-state index is -0.323. The Morgan fingerprint density at radius 1 is 1.41 bits per heavy atom. The maximum absolute atomic E-state index is 11.7. The molecule has 3 rings (SSSR count). The van der Waals surface area contributed by atoms with E-state index in [1.54, 1.807) is 11.9 Å². The zero-order valence-electron chi connectivity index (χ0n) is 9.64. The maximum Gasteiger partial charge on any atom is 0.263 e. The molecular formula is C13H14N2O2. The zero-order valence-corrected chi connectivity index (χ0v) is 9.64. The molecule has 17 heavy (non-hydrogen) atoms. The van der Waals surface area contributed by atoms with Gasteiger partial charge in [0.15, 0.2) is 6.10 Å². The highest BCUT2D eigenvalue weighted by atomic mass is 16.5. The Balaban J connectivity index is 1.82. The van der Waals surface area contributed by atoms with Gasteiger partial charge in [-0.1, -0.05) is 0 Å². The van der Waals surface area contributed by atoms with Gasteiger partial charge in [-0.2, -0.15) is 0 Å². The lowest BCUT2D eigenvalue weighted by Gasteiger charge is -2.12. The van der Waals surface area contributed by atoms with Gasteiger partial charge in [0, 0.05) is 37.1 Å². The van der Waals surface area contributed by atoms with Crippen LogP contribution < -0.4 is 4.74 Å². The molecule has 1 amide bonds. The van der Waals surface area contributed by atoms with Crippen molar-refractivity contribution in [2.45, 2.75) is 12.5 Å². The van der Waals surface area contributed by atoms with Gasteiger partial charge in [-0.3, -0.25) is 4.79 Å². The molecule has 2 heterocycles. The maximum atomic E-state index is 11.7. The van der Waals surface area contributed by atoms with Crippen LogP contribution in [0.4, 0.5) is 0 Å². The number of H-pyrrole nitrogens is 1. The van der Waals surface area contributed by atoms with Gasteiger partial charge in [-0.25, -0.2) is 0 Å². The Kier molecular flexibility index (Phi) is 2.28. The van der Waals surface area contributed by atoms with Gasteiger partial charge in [0.25, 0.3) is 5.91 Å². The van der Waals surface area contributed by atoms with Gasteiger partial charge >= 0.3 is 0 Å². The smallest absolute Gasteiger partial charge is 0.263 e. The number of amides is 1. The number of ether oxygens (including phenoxy) is 1.